The lowest BCUT2D eigenvalue weighted by atomic mass is 9.88. The van der Waals surface area contributed by atoms with Crippen molar-refractivity contribution in [2.24, 2.45) is 5.41 Å². The second kappa shape index (κ2) is 8.83. The number of hydrogen-bond acceptors (Lipinski definition) is 5. The molecule has 2 rings (SSSR count). The van der Waals surface area contributed by atoms with Gasteiger partial charge in [0.05, 0.1) is 31.7 Å². The maximum absolute atomic E-state index is 12.5. The van der Waals surface area contributed by atoms with Crippen molar-refractivity contribution < 1.29 is 24.5 Å². The van der Waals surface area contributed by atoms with E-state index in [1.165, 1.54) is 0 Å². The van der Waals surface area contributed by atoms with Crippen molar-refractivity contribution in [3.05, 3.63) is 54.6 Å². The van der Waals surface area contributed by atoms with Crippen molar-refractivity contribution in [2.45, 2.75) is 19.3 Å². The maximum atomic E-state index is 12.5. The summed E-state index contributed by atoms with van der Waals surface area (Å²) >= 11 is 0. The number of methoxy groups -OCH3 is 1. The standard InChI is InChI=1S/C21H26O5/c1-4-19(20(24)26-14-21(5-2,12-22)13-23)17-7-6-16-11-18(25-3)9-8-15(16)10-17/h4,6-11,19,22-23H,1,5,12-14H2,2-3H3. The topological polar surface area (TPSA) is 76.0 Å². The smallest absolute Gasteiger partial charge is 0.317 e. The first-order chi connectivity index (χ1) is 12.5. The Morgan fingerprint density at radius 2 is 1.85 bits per heavy atom. The highest BCUT2D eigenvalue weighted by Crippen LogP contribution is 2.28. The Labute approximate surface area is 153 Å². The number of rotatable bonds is 9. The molecular weight excluding hydrogens is 332 g/mol. The minimum atomic E-state index is -0.818. The molecule has 1 atom stereocenters. The first kappa shape index (κ1) is 19.9. The average Bonchev–Trinajstić information content (AvgIpc) is 2.69. The summed E-state index contributed by atoms with van der Waals surface area (Å²) in [5, 5.41) is 21.0. The predicted molar refractivity (Wildman–Crippen MR) is 101 cm³/mol. The lowest BCUT2D eigenvalue weighted by molar-refractivity contribution is -0.150. The predicted octanol–water partition coefficient (Wildman–Crippen LogP) is 3.04. The van der Waals surface area contributed by atoms with Gasteiger partial charge in [0.15, 0.2) is 0 Å². The van der Waals surface area contributed by atoms with E-state index in [-0.39, 0.29) is 19.8 Å². The van der Waals surface area contributed by atoms with Crippen LogP contribution in [0.4, 0.5) is 0 Å². The molecule has 0 bridgehead atoms. The van der Waals surface area contributed by atoms with E-state index in [0.29, 0.717) is 6.42 Å². The zero-order valence-electron chi connectivity index (χ0n) is 15.3. The molecule has 2 aromatic rings. The summed E-state index contributed by atoms with van der Waals surface area (Å²) in [6.45, 7) is 5.06. The second-order valence-electron chi connectivity index (χ2n) is 6.46. The molecule has 26 heavy (non-hydrogen) atoms. The van der Waals surface area contributed by atoms with E-state index < -0.39 is 17.3 Å². The summed E-state index contributed by atoms with van der Waals surface area (Å²) in [6, 6.07) is 11.4. The van der Waals surface area contributed by atoms with Gasteiger partial charge >= 0.3 is 5.97 Å². The zero-order chi connectivity index (χ0) is 19.2. The van der Waals surface area contributed by atoms with Crippen LogP contribution in [0.25, 0.3) is 10.8 Å². The van der Waals surface area contributed by atoms with E-state index in [2.05, 4.69) is 6.58 Å². The van der Waals surface area contributed by atoms with Gasteiger partial charge in [-0.25, -0.2) is 0 Å². The first-order valence-corrected chi connectivity index (χ1v) is 8.61. The Balaban J connectivity index is 2.20. The van der Waals surface area contributed by atoms with Gasteiger partial charge in [-0.3, -0.25) is 4.79 Å². The molecule has 2 aromatic carbocycles. The molecule has 0 fully saturated rings. The van der Waals surface area contributed by atoms with Gasteiger partial charge < -0.3 is 19.7 Å². The molecule has 0 saturated heterocycles. The van der Waals surface area contributed by atoms with Crippen LogP contribution >= 0.6 is 0 Å². The Bertz CT molecular complexity index is 756. The average molecular weight is 358 g/mol. The number of esters is 1. The van der Waals surface area contributed by atoms with E-state index in [1.807, 2.05) is 43.3 Å². The molecule has 0 aromatic heterocycles. The molecule has 0 heterocycles. The summed E-state index contributed by atoms with van der Waals surface area (Å²) in [5.74, 6) is -0.296. The minimum absolute atomic E-state index is 0.0372. The summed E-state index contributed by atoms with van der Waals surface area (Å²) in [6.07, 6.45) is 2.04. The monoisotopic (exact) mass is 358 g/mol. The highest BCUT2D eigenvalue weighted by Gasteiger charge is 2.30. The quantitative estimate of drug-likeness (QED) is 0.532. The van der Waals surface area contributed by atoms with Gasteiger partial charge in [0.2, 0.25) is 0 Å². The number of hydrogen-bond donors (Lipinski definition) is 2. The third-order valence-electron chi connectivity index (χ3n) is 4.86. The second-order valence-corrected chi connectivity index (χ2v) is 6.46. The van der Waals surface area contributed by atoms with E-state index >= 15 is 0 Å². The zero-order valence-corrected chi connectivity index (χ0v) is 15.3. The van der Waals surface area contributed by atoms with Crippen molar-refractivity contribution in [2.75, 3.05) is 26.9 Å². The van der Waals surface area contributed by atoms with Crippen molar-refractivity contribution in [3.8, 4) is 5.75 Å². The van der Waals surface area contributed by atoms with Crippen LogP contribution in [0.5, 0.6) is 5.75 Å². The van der Waals surface area contributed by atoms with Gasteiger partial charge in [-0.2, -0.15) is 0 Å². The Morgan fingerprint density at radius 1 is 1.19 bits per heavy atom. The molecular formula is C21H26O5. The largest absolute Gasteiger partial charge is 0.497 e. The number of fused-ring (bicyclic) bond motifs is 1. The molecule has 0 aliphatic carbocycles. The van der Waals surface area contributed by atoms with Crippen LogP contribution < -0.4 is 4.74 Å². The molecule has 5 heteroatoms. The van der Waals surface area contributed by atoms with Crippen LogP contribution in [-0.4, -0.2) is 43.1 Å². The molecule has 1 unspecified atom stereocenters. The first-order valence-electron chi connectivity index (χ1n) is 8.61. The number of carbonyl (C=O) groups is 1. The van der Waals surface area contributed by atoms with E-state index in [9.17, 15) is 15.0 Å². The van der Waals surface area contributed by atoms with Crippen LogP contribution in [0.15, 0.2) is 49.1 Å². The summed E-state index contributed by atoms with van der Waals surface area (Å²) in [4.78, 5) is 12.5. The van der Waals surface area contributed by atoms with E-state index in [0.717, 1.165) is 22.1 Å². The van der Waals surface area contributed by atoms with Gasteiger partial charge in [-0.15, -0.1) is 6.58 Å². The van der Waals surface area contributed by atoms with Gasteiger partial charge in [-0.1, -0.05) is 31.2 Å². The highest BCUT2D eigenvalue weighted by molar-refractivity contribution is 5.87. The third kappa shape index (κ3) is 4.23. The molecule has 0 aliphatic heterocycles. The van der Waals surface area contributed by atoms with Crippen LogP contribution in [-0.2, 0) is 9.53 Å². The molecule has 0 amide bonds. The van der Waals surface area contributed by atoms with E-state index in [1.54, 1.807) is 13.2 Å². The fraction of sp³-hybridized carbons (Fsp3) is 0.381. The maximum Gasteiger partial charge on any atom is 0.317 e. The third-order valence-corrected chi connectivity index (χ3v) is 4.86. The number of aliphatic hydroxyl groups is 2. The fourth-order valence-electron chi connectivity index (χ4n) is 2.71. The molecule has 2 N–H and O–H groups in total. The lowest BCUT2D eigenvalue weighted by Crippen LogP contribution is -2.36. The van der Waals surface area contributed by atoms with Crippen LogP contribution in [0.1, 0.15) is 24.8 Å². The molecule has 0 radical (unpaired) electrons. The molecule has 0 spiro atoms. The summed E-state index contributed by atoms with van der Waals surface area (Å²) in [7, 11) is 1.62. The van der Waals surface area contributed by atoms with Crippen molar-refractivity contribution in [1.82, 2.24) is 0 Å². The lowest BCUT2D eigenvalue weighted by Gasteiger charge is -2.28. The number of ether oxygens (including phenoxy) is 2. The van der Waals surface area contributed by atoms with Gasteiger partial charge in [0, 0.05) is 0 Å². The van der Waals surface area contributed by atoms with Crippen molar-refractivity contribution in [1.29, 1.82) is 0 Å². The Kier molecular flexibility index (Phi) is 6.77. The van der Waals surface area contributed by atoms with E-state index in [4.69, 9.17) is 9.47 Å². The number of aliphatic hydroxyl groups excluding tert-OH is 2. The van der Waals surface area contributed by atoms with Gasteiger partial charge in [0.1, 0.15) is 12.4 Å². The highest BCUT2D eigenvalue weighted by atomic mass is 16.5. The van der Waals surface area contributed by atoms with Crippen molar-refractivity contribution >= 4 is 16.7 Å². The minimum Gasteiger partial charge on any atom is -0.497 e. The molecule has 0 saturated carbocycles. The number of benzene rings is 2. The fourth-order valence-corrected chi connectivity index (χ4v) is 2.71. The van der Waals surface area contributed by atoms with Crippen LogP contribution in [0.2, 0.25) is 0 Å². The Morgan fingerprint density at radius 3 is 2.42 bits per heavy atom. The summed E-state index contributed by atoms with van der Waals surface area (Å²) < 4.78 is 10.6. The number of carbonyl (C=O) groups excluding carboxylic acids is 1. The van der Waals surface area contributed by atoms with Crippen LogP contribution in [0, 0.1) is 5.41 Å². The normalized spacial score (nSPS) is 12.6. The Hall–Kier alpha value is -2.37. The SMILES string of the molecule is C=CC(C(=O)OCC(CC)(CO)CO)c1ccc2cc(OC)ccc2c1. The van der Waals surface area contributed by atoms with Gasteiger partial charge in [0.25, 0.3) is 0 Å². The van der Waals surface area contributed by atoms with Crippen LogP contribution in [0.3, 0.4) is 0 Å². The molecule has 5 nitrogen and oxygen atoms in total. The van der Waals surface area contributed by atoms with Crippen molar-refractivity contribution in [3.63, 3.8) is 0 Å². The molecule has 140 valence electrons. The summed E-state index contributed by atoms with van der Waals surface area (Å²) in [5.41, 5.74) is -0.0424. The van der Waals surface area contributed by atoms with Gasteiger partial charge in [-0.05, 0) is 41.0 Å². The molecule has 0 aliphatic rings.